The molecule has 4 heteroatoms. The Morgan fingerprint density at radius 2 is 1.94 bits per heavy atom. The van der Waals surface area contributed by atoms with E-state index >= 15 is 0 Å². The Kier molecular flexibility index (Phi) is 2.92. The molecule has 1 aromatic rings. The van der Waals surface area contributed by atoms with E-state index in [9.17, 15) is 4.79 Å². The fourth-order valence-electron chi connectivity index (χ4n) is 1.90. The van der Waals surface area contributed by atoms with E-state index in [2.05, 4.69) is 4.98 Å². The molecular formula is C12H17N3O. The van der Waals surface area contributed by atoms with E-state index in [1.807, 2.05) is 11.8 Å². The first kappa shape index (κ1) is 11.1. The van der Waals surface area contributed by atoms with Crippen LogP contribution in [0.25, 0.3) is 0 Å². The molecule has 2 N–H and O–H groups in total. The number of nitrogens with two attached hydrogens (primary N) is 1. The van der Waals surface area contributed by atoms with E-state index in [0.29, 0.717) is 5.56 Å². The van der Waals surface area contributed by atoms with Crippen LogP contribution in [-0.4, -0.2) is 34.4 Å². The van der Waals surface area contributed by atoms with Crippen LogP contribution in [0.1, 0.15) is 30.1 Å². The molecule has 0 aromatic carbocycles. The summed E-state index contributed by atoms with van der Waals surface area (Å²) in [5, 5.41) is 0. The third-order valence-corrected chi connectivity index (χ3v) is 3.12. The fourth-order valence-corrected chi connectivity index (χ4v) is 1.90. The highest BCUT2D eigenvalue weighted by Crippen LogP contribution is 2.20. The van der Waals surface area contributed by atoms with Gasteiger partial charge in [0, 0.05) is 36.6 Å². The van der Waals surface area contributed by atoms with E-state index in [4.69, 9.17) is 5.73 Å². The van der Waals surface area contributed by atoms with Gasteiger partial charge in [0.15, 0.2) is 0 Å². The lowest BCUT2D eigenvalue weighted by molar-refractivity contribution is 0.0681. The summed E-state index contributed by atoms with van der Waals surface area (Å²) in [7, 11) is 0. The van der Waals surface area contributed by atoms with Crippen molar-refractivity contribution in [2.75, 3.05) is 13.1 Å². The van der Waals surface area contributed by atoms with Gasteiger partial charge in [-0.05, 0) is 31.9 Å². The van der Waals surface area contributed by atoms with Gasteiger partial charge in [-0.25, -0.2) is 0 Å². The number of amides is 1. The molecule has 86 valence electrons. The van der Waals surface area contributed by atoms with E-state index in [-0.39, 0.29) is 11.4 Å². The first-order chi connectivity index (χ1) is 7.58. The molecule has 0 aliphatic carbocycles. The molecule has 4 nitrogen and oxygen atoms in total. The normalized spacial score (nSPS) is 19.5. The molecular weight excluding hydrogens is 202 g/mol. The molecule has 0 bridgehead atoms. The summed E-state index contributed by atoms with van der Waals surface area (Å²) in [5.74, 6) is 0.0814. The van der Waals surface area contributed by atoms with E-state index in [1.165, 1.54) is 0 Å². The predicted octanol–water partition coefficient (Wildman–Crippen LogP) is 1.03. The second-order valence-electron chi connectivity index (χ2n) is 4.68. The summed E-state index contributed by atoms with van der Waals surface area (Å²) in [6.07, 6.45) is 5.02. The van der Waals surface area contributed by atoms with Crippen molar-refractivity contribution >= 4 is 5.91 Å². The summed E-state index contributed by atoms with van der Waals surface area (Å²) in [5.41, 5.74) is 6.62. The Morgan fingerprint density at radius 1 is 1.38 bits per heavy atom. The van der Waals surface area contributed by atoms with Crippen molar-refractivity contribution in [1.82, 2.24) is 9.88 Å². The lowest BCUT2D eigenvalue weighted by Crippen LogP contribution is -2.49. The molecule has 0 saturated carbocycles. The lowest BCUT2D eigenvalue weighted by atomic mass is 9.91. The minimum atomic E-state index is -0.116. The van der Waals surface area contributed by atoms with Crippen LogP contribution in [-0.2, 0) is 0 Å². The van der Waals surface area contributed by atoms with E-state index < -0.39 is 0 Å². The molecule has 0 atom stereocenters. The molecule has 1 amide bonds. The summed E-state index contributed by atoms with van der Waals surface area (Å²) in [4.78, 5) is 17.8. The smallest absolute Gasteiger partial charge is 0.253 e. The van der Waals surface area contributed by atoms with Crippen molar-refractivity contribution in [3.63, 3.8) is 0 Å². The SMILES string of the molecule is CC1(N)CCN(C(=O)c2ccncc2)CC1. The Bertz CT molecular complexity index is 365. The van der Waals surface area contributed by atoms with Crippen LogP contribution in [0.3, 0.4) is 0 Å². The van der Waals surface area contributed by atoms with Crippen LogP contribution in [0, 0.1) is 0 Å². The van der Waals surface area contributed by atoms with Crippen molar-refractivity contribution < 1.29 is 4.79 Å². The molecule has 1 aliphatic heterocycles. The van der Waals surface area contributed by atoms with E-state index in [0.717, 1.165) is 25.9 Å². The third-order valence-electron chi connectivity index (χ3n) is 3.12. The van der Waals surface area contributed by atoms with Gasteiger partial charge in [0.1, 0.15) is 0 Å². The number of aromatic nitrogens is 1. The maximum atomic E-state index is 12.1. The summed E-state index contributed by atoms with van der Waals surface area (Å²) >= 11 is 0. The molecule has 2 rings (SSSR count). The minimum Gasteiger partial charge on any atom is -0.339 e. The summed E-state index contributed by atoms with van der Waals surface area (Å²) in [6.45, 7) is 3.53. The molecule has 16 heavy (non-hydrogen) atoms. The number of piperidine rings is 1. The third kappa shape index (κ3) is 2.39. The van der Waals surface area contributed by atoms with Gasteiger partial charge in [0.2, 0.25) is 0 Å². The van der Waals surface area contributed by atoms with Crippen LogP contribution < -0.4 is 5.73 Å². The Hall–Kier alpha value is -1.42. The topological polar surface area (TPSA) is 59.2 Å². The van der Waals surface area contributed by atoms with Crippen LogP contribution in [0.15, 0.2) is 24.5 Å². The fraction of sp³-hybridized carbons (Fsp3) is 0.500. The second-order valence-corrected chi connectivity index (χ2v) is 4.68. The van der Waals surface area contributed by atoms with Gasteiger partial charge in [-0.15, -0.1) is 0 Å². The average molecular weight is 219 g/mol. The minimum absolute atomic E-state index is 0.0814. The zero-order valence-electron chi connectivity index (χ0n) is 9.52. The van der Waals surface area contributed by atoms with Crippen LogP contribution in [0.2, 0.25) is 0 Å². The Balaban J connectivity index is 2.03. The van der Waals surface area contributed by atoms with Gasteiger partial charge in [-0.1, -0.05) is 0 Å². The lowest BCUT2D eigenvalue weighted by Gasteiger charge is -2.36. The standard InChI is InChI=1S/C12H17N3O/c1-12(13)4-8-15(9-5-12)11(16)10-2-6-14-7-3-10/h2-3,6-7H,4-5,8-9,13H2,1H3. The van der Waals surface area contributed by atoms with Crippen LogP contribution in [0.5, 0.6) is 0 Å². The van der Waals surface area contributed by atoms with Crippen molar-refractivity contribution in [1.29, 1.82) is 0 Å². The number of hydrogen-bond acceptors (Lipinski definition) is 3. The van der Waals surface area contributed by atoms with Gasteiger partial charge in [0.05, 0.1) is 0 Å². The maximum absolute atomic E-state index is 12.1. The highest BCUT2D eigenvalue weighted by molar-refractivity contribution is 5.94. The number of pyridine rings is 1. The molecule has 1 saturated heterocycles. The van der Waals surface area contributed by atoms with Gasteiger partial charge >= 0.3 is 0 Å². The first-order valence-electron chi connectivity index (χ1n) is 5.57. The van der Waals surface area contributed by atoms with Crippen molar-refractivity contribution in [2.24, 2.45) is 5.73 Å². The number of hydrogen-bond donors (Lipinski definition) is 1. The maximum Gasteiger partial charge on any atom is 0.253 e. The van der Waals surface area contributed by atoms with Gasteiger partial charge < -0.3 is 10.6 Å². The van der Waals surface area contributed by atoms with Crippen molar-refractivity contribution in [2.45, 2.75) is 25.3 Å². The Labute approximate surface area is 95.5 Å². The second kappa shape index (κ2) is 4.22. The molecule has 1 aromatic heterocycles. The summed E-state index contributed by atoms with van der Waals surface area (Å²) in [6, 6.07) is 3.50. The van der Waals surface area contributed by atoms with Crippen LogP contribution in [0.4, 0.5) is 0 Å². The van der Waals surface area contributed by atoms with Gasteiger partial charge in [-0.2, -0.15) is 0 Å². The van der Waals surface area contributed by atoms with Gasteiger partial charge in [0.25, 0.3) is 5.91 Å². The van der Waals surface area contributed by atoms with E-state index in [1.54, 1.807) is 24.5 Å². The molecule has 1 aliphatic rings. The Morgan fingerprint density at radius 3 is 2.50 bits per heavy atom. The molecule has 0 unspecified atom stereocenters. The van der Waals surface area contributed by atoms with Gasteiger partial charge in [-0.3, -0.25) is 9.78 Å². The largest absolute Gasteiger partial charge is 0.339 e. The zero-order chi connectivity index (χ0) is 11.6. The number of nitrogens with zero attached hydrogens (tertiary/aromatic N) is 2. The van der Waals surface area contributed by atoms with Crippen molar-refractivity contribution in [3.8, 4) is 0 Å². The monoisotopic (exact) mass is 219 g/mol. The van der Waals surface area contributed by atoms with Crippen LogP contribution >= 0.6 is 0 Å². The molecule has 1 fully saturated rings. The highest BCUT2D eigenvalue weighted by Gasteiger charge is 2.28. The average Bonchev–Trinajstić information content (AvgIpc) is 2.29. The number of likely N-dealkylation sites (tertiary alicyclic amines) is 1. The molecule has 0 radical (unpaired) electrons. The quantitative estimate of drug-likeness (QED) is 0.767. The molecule has 2 heterocycles. The number of carbonyl (C=O) groups is 1. The first-order valence-corrected chi connectivity index (χ1v) is 5.57. The zero-order valence-corrected chi connectivity index (χ0v) is 9.52. The number of carbonyl (C=O) groups excluding carboxylic acids is 1. The predicted molar refractivity (Wildman–Crippen MR) is 62.0 cm³/mol. The molecule has 0 spiro atoms. The summed E-state index contributed by atoms with van der Waals surface area (Å²) < 4.78 is 0. The number of rotatable bonds is 1. The van der Waals surface area contributed by atoms with Crippen molar-refractivity contribution in [3.05, 3.63) is 30.1 Å². The highest BCUT2D eigenvalue weighted by atomic mass is 16.2.